The van der Waals surface area contributed by atoms with Gasteiger partial charge in [-0.05, 0) is 74.7 Å². The fourth-order valence-corrected chi connectivity index (χ4v) is 4.40. The molecule has 0 bridgehead atoms. The van der Waals surface area contributed by atoms with Crippen LogP contribution in [0.5, 0.6) is 0 Å². The molecule has 0 saturated carbocycles. The largest absolute Gasteiger partial charge is 0.446 e. The van der Waals surface area contributed by atoms with Gasteiger partial charge in [-0.3, -0.25) is 9.69 Å². The average Bonchev–Trinajstić information content (AvgIpc) is 2.79. The van der Waals surface area contributed by atoms with Crippen LogP contribution >= 0.6 is 0 Å². The van der Waals surface area contributed by atoms with Crippen molar-refractivity contribution in [1.82, 2.24) is 4.90 Å². The first-order valence-corrected chi connectivity index (χ1v) is 11.5. The Morgan fingerprint density at radius 3 is 1.95 bits per heavy atom. The molecule has 2 amide bonds. The van der Waals surface area contributed by atoms with Crippen molar-refractivity contribution in [3.63, 3.8) is 0 Å². The summed E-state index contributed by atoms with van der Waals surface area (Å²) in [6.07, 6.45) is -16.6. The third-order valence-corrected chi connectivity index (χ3v) is 6.06. The molecule has 5 nitrogen and oxygen atoms in total. The van der Waals surface area contributed by atoms with Gasteiger partial charge in [-0.25, -0.2) is 4.79 Å². The third kappa shape index (κ3) is 6.77. The van der Waals surface area contributed by atoms with Gasteiger partial charge in [0.1, 0.15) is 0 Å². The molecule has 0 spiro atoms. The maximum Gasteiger partial charge on any atom is 0.416 e. The van der Waals surface area contributed by atoms with Crippen molar-refractivity contribution in [2.45, 2.75) is 70.5 Å². The fourth-order valence-electron chi connectivity index (χ4n) is 4.40. The molecule has 0 N–H and O–H groups in total. The molecule has 39 heavy (non-hydrogen) atoms. The molecule has 2 aromatic rings. The number of anilines is 1. The van der Waals surface area contributed by atoms with Gasteiger partial charge in [0.05, 0.1) is 34.5 Å². The maximum absolute atomic E-state index is 13.5. The first-order valence-electron chi connectivity index (χ1n) is 11.5. The predicted octanol–water partition coefficient (Wildman–Crippen LogP) is 7.59. The summed E-state index contributed by atoms with van der Waals surface area (Å²) in [5, 5.41) is 0. The Morgan fingerprint density at radius 1 is 0.949 bits per heavy atom. The highest BCUT2D eigenvalue weighted by Gasteiger charge is 2.41. The molecule has 1 aliphatic heterocycles. The molecule has 0 aliphatic carbocycles. The smallest absolute Gasteiger partial charge is 0.416 e. The second kappa shape index (κ2) is 10.6. The lowest BCUT2D eigenvalue weighted by Gasteiger charge is -2.42. The van der Waals surface area contributed by atoms with E-state index in [1.165, 1.54) is 6.92 Å². The molecule has 2 atom stereocenters. The lowest BCUT2D eigenvalue weighted by molar-refractivity contribution is -0.143. The average molecular weight is 570 g/mol. The standard InChI is InChI=1S/C25H23F9N2O3/c1-13(2)39-22(38)36-14(3)6-21(19-10-16(23(26,27)28)4-5-20(19)36)35(12-37)11-15-7-17(24(29,30)31)9-18(8-15)25(32,33)34/h4-5,7-10,12-14,21H,6,11H2,1-3H3. The number of alkyl halides is 9. The van der Waals surface area contributed by atoms with Gasteiger partial charge in [-0.15, -0.1) is 0 Å². The van der Waals surface area contributed by atoms with Crippen LogP contribution in [0.2, 0.25) is 0 Å². The SMILES string of the molecule is CC(C)OC(=O)N1c2ccc(C(F)(F)F)cc2C(N(C=O)Cc2cc(C(F)(F)F)cc(C(F)(F)F)c2)CC1C. The van der Waals surface area contributed by atoms with E-state index < -0.39 is 71.6 Å². The fraction of sp³-hybridized carbons (Fsp3) is 0.440. The van der Waals surface area contributed by atoms with E-state index in [1.807, 2.05) is 0 Å². The number of ether oxygens (including phenoxy) is 1. The number of carbonyl (C=O) groups is 2. The van der Waals surface area contributed by atoms with Gasteiger partial charge in [0.15, 0.2) is 0 Å². The zero-order chi connectivity index (χ0) is 29.5. The van der Waals surface area contributed by atoms with E-state index in [4.69, 9.17) is 4.74 Å². The van der Waals surface area contributed by atoms with Gasteiger partial charge in [0.2, 0.25) is 6.41 Å². The number of amides is 2. The van der Waals surface area contributed by atoms with Crippen LogP contribution in [0.4, 0.5) is 50.0 Å². The summed E-state index contributed by atoms with van der Waals surface area (Å²) in [6, 6.07) is 1.26. The van der Waals surface area contributed by atoms with Crippen molar-refractivity contribution in [2.24, 2.45) is 0 Å². The molecule has 0 radical (unpaired) electrons. The van der Waals surface area contributed by atoms with Crippen LogP contribution in [0.1, 0.15) is 61.1 Å². The summed E-state index contributed by atoms with van der Waals surface area (Å²) in [5.41, 5.74) is -5.06. The Hall–Kier alpha value is -3.45. The number of rotatable bonds is 5. The van der Waals surface area contributed by atoms with Crippen molar-refractivity contribution in [3.05, 3.63) is 64.2 Å². The highest BCUT2D eigenvalue weighted by atomic mass is 19.4. The minimum absolute atomic E-state index is 0.0377. The predicted molar refractivity (Wildman–Crippen MR) is 120 cm³/mol. The van der Waals surface area contributed by atoms with Crippen LogP contribution in [0.3, 0.4) is 0 Å². The molecule has 2 unspecified atom stereocenters. The van der Waals surface area contributed by atoms with Gasteiger partial charge < -0.3 is 9.64 Å². The minimum atomic E-state index is -5.13. The highest BCUT2D eigenvalue weighted by Crippen LogP contribution is 2.44. The molecule has 2 aromatic carbocycles. The van der Waals surface area contributed by atoms with Gasteiger partial charge in [0, 0.05) is 12.6 Å². The first-order chi connectivity index (χ1) is 17.8. The summed E-state index contributed by atoms with van der Waals surface area (Å²) in [5.74, 6) is 0. The molecule has 14 heteroatoms. The van der Waals surface area contributed by atoms with E-state index in [-0.39, 0.29) is 30.1 Å². The van der Waals surface area contributed by atoms with Gasteiger partial charge >= 0.3 is 24.6 Å². The minimum Gasteiger partial charge on any atom is -0.446 e. The Bertz CT molecular complexity index is 1190. The van der Waals surface area contributed by atoms with Crippen LogP contribution in [-0.2, 0) is 34.6 Å². The normalized spacial score (nSPS) is 18.1. The quantitative estimate of drug-likeness (QED) is 0.275. The van der Waals surface area contributed by atoms with Crippen LogP contribution < -0.4 is 4.90 Å². The Balaban J connectivity index is 2.12. The number of nitrogens with zero attached hydrogens (tertiary/aromatic N) is 2. The number of benzene rings is 2. The van der Waals surface area contributed by atoms with Crippen LogP contribution in [0.15, 0.2) is 36.4 Å². The zero-order valence-electron chi connectivity index (χ0n) is 20.7. The lowest BCUT2D eigenvalue weighted by Crippen LogP contribution is -2.47. The molecule has 3 rings (SSSR count). The zero-order valence-corrected chi connectivity index (χ0v) is 20.7. The summed E-state index contributed by atoms with van der Waals surface area (Å²) < 4.78 is 126. The Morgan fingerprint density at radius 2 is 1.49 bits per heavy atom. The number of hydrogen-bond donors (Lipinski definition) is 0. The molecule has 0 saturated heterocycles. The summed E-state index contributed by atoms with van der Waals surface area (Å²) in [7, 11) is 0. The molecule has 214 valence electrons. The van der Waals surface area contributed by atoms with Gasteiger partial charge in [0.25, 0.3) is 0 Å². The third-order valence-electron chi connectivity index (χ3n) is 6.06. The maximum atomic E-state index is 13.5. The van der Waals surface area contributed by atoms with Crippen molar-refractivity contribution >= 4 is 18.2 Å². The molecule has 1 aliphatic rings. The number of fused-ring (bicyclic) bond motifs is 1. The highest BCUT2D eigenvalue weighted by molar-refractivity contribution is 5.90. The van der Waals surface area contributed by atoms with E-state index in [2.05, 4.69) is 0 Å². The van der Waals surface area contributed by atoms with Gasteiger partial charge in [-0.2, -0.15) is 39.5 Å². The van der Waals surface area contributed by atoms with Crippen molar-refractivity contribution in [3.8, 4) is 0 Å². The van der Waals surface area contributed by atoms with Crippen LogP contribution in [0, 0.1) is 0 Å². The number of carbonyl (C=O) groups excluding carboxylic acids is 2. The molecule has 1 heterocycles. The topological polar surface area (TPSA) is 49.9 Å². The van der Waals surface area contributed by atoms with E-state index in [9.17, 15) is 49.1 Å². The molecular formula is C25H23F9N2O3. The van der Waals surface area contributed by atoms with Crippen LogP contribution in [0.25, 0.3) is 0 Å². The number of hydrogen-bond acceptors (Lipinski definition) is 3. The second-order valence-corrected chi connectivity index (χ2v) is 9.37. The van der Waals surface area contributed by atoms with Crippen molar-refractivity contribution in [1.29, 1.82) is 0 Å². The molecular weight excluding hydrogens is 547 g/mol. The van der Waals surface area contributed by atoms with Gasteiger partial charge in [-0.1, -0.05) is 0 Å². The van der Waals surface area contributed by atoms with E-state index in [0.717, 1.165) is 21.9 Å². The molecule has 0 fully saturated rings. The molecule has 0 aromatic heterocycles. The van der Waals surface area contributed by atoms with Crippen molar-refractivity contribution < 1.29 is 53.8 Å². The lowest BCUT2D eigenvalue weighted by atomic mass is 9.89. The van der Waals surface area contributed by atoms with E-state index in [1.54, 1.807) is 13.8 Å². The summed E-state index contributed by atoms with van der Waals surface area (Å²) in [4.78, 5) is 26.7. The van der Waals surface area contributed by atoms with Crippen molar-refractivity contribution in [2.75, 3.05) is 4.90 Å². The second-order valence-electron chi connectivity index (χ2n) is 9.37. The Labute approximate surface area is 217 Å². The van der Waals surface area contributed by atoms with Crippen LogP contribution in [-0.4, -0.2) is 29.5 Å². The van der Waals surface area contributed by atoms with E-state index in [0.29, 0.717) is 18.2 Å². The summed E-state index contributed by atoms with van der Waals surface area (Å²) in [6.45, 7) is 3.85. The number of halogens is 9. The monoisotopic (exact) mass is 570 g/mol. The van der Waals surface area contributed by atoms with E-state index >= 15 is 0 Å². The summed E-state index contributed by atoms with van der Waals surface area (Å²) >= 11 is 0. The Kier molecular flexibility index (Phi) is 8.19. The first kappa shape index (κ1) is 30.1.